The Hall–Kier alpha value is -0.620. The molecular weight excluding hydrogens is 286 g/mol. The Kier molecular flexibility index (Phi) is 4.84. The highest BCUT2D eigenvalue weighted by Crippen LogP contribution is 2.23. The summed E-state index contributed by atoms with van der Waals surface area (Å²) in [5.74, 6) is 0. The molecule has 0 spiro atoms. The third-order valence-corrected chi connectivity index (χ3v) is 5.30. The van der Waals surface area contributed by atoms with E-state index in [2.05, 4.69) is 4.72 Å². The predicted molar refractivity (Wildman–Crippen MR) is 74.6 cm³/mol. The summed E-state index contributed by atoms with van der Waals surface area (Å²) in [5.41, 5.74) is 0.526. The molecule has 1 aliphatic carbocycles. The van der Waals surface area contributed by atoms with Gasteiger partial charge in [0, 0.05) is 11.1 Å². The number of benzene rings is 1. The second-order valence-corrected chi connectivity index (χ2v) is 6.99. The van der Waals surface area contributed by atoms with Crippen LogP contribution in [0, 0.1) is 0 Å². The SMILES string of the molecule is O=S(=O)(NC1CCCCC1)c1ccc(CO)c(Cl)c1. The summed E-state index contributed by atoms with van der Waals surface area (Å²) in [5, 5.41) is 9.30. The van der Waals surface area contributed by atoms with E-state index in [-0.39, 0.29) is 22.6 Å². The van der Waals surface area contributed by atoms with Crippen molar-refractivity contribution in [1.29, 1.82) is 0 Å². The van der Waals surface area contributed by atoms with Gasteiger partial charge >= 0.3 is 0 Å². The average Bonchev–Trinajstić information content (AvgIpc) is 2.39. The van der Waals surface area contributed by atoms with Crippen LogP contribution in [0.25, 0.3) is 0 Å². The molecule has 2 rings (SSSR count). The molecule has 0 bridgehead atoms. The van der Waals surface area contributed by atoms with E-state index in [1.54, 1.807) is 0 Å². The third kappa shape index (κ3) is 3.69. The second-order valence-electron chi connectivity index (χ2n) is 4.87. The molecule has 1 aromatic carbocycles. The van der Waals surface area contributed by atoms with Gasteiger partial charge < -0.3 is 5.11 Å². The first kappa shape index (κ1) is 14.8. The standard InChI is InChI=1S/C13H18ClNO3S/c14-13-8-12(7-6-10(13)9-16)19(17,18)15-11-4-2-1-3-5-11/h6-8,11,15-16H,1-5,9H2. The molecule has 0 saturated heterocycles. The van der Waals surface area contributed by atoms with E-state index in [9.17, 15) is 8.42 Å². The lowest BCUT2D eigenvalue weighted by molar-refractivity contribution is 0.282. The molecule has 4 nitrogen and oxygen atoms in total. The molecule has 0 unspecified atom stereocenters. The lowest BCUT2D eigenvalue weighted by Gasteiger charge is -2.22. The Bertz CT molecular complexity index is 539. The number of halogens is 1. The molecule has 0 aromatic heterocycles. The average molecular weight is 304 g/mol. The van der Waals surface area contributed by atoms with Gasteiger partial charge in [-0.25, -0.2) is 13.1 Å². The van der Waals surface area contributed by atoms with Crippen LogP contribution in [0.5, 0.6) is 0 Å². The fourth-order valence-corrected chi connectivity index (χ4v) is 3.97. The largest absolute Gasteiger partial charge is 0.392 e. The smallest absolute Gasteiger partial charge is 0.240 e. The molecule has 19 heavy (non-hydrogen) atoms. The highest BCUT2D eigenvalue weighted by atomic mass is 35.5. The van der Waals surface area contributed by atoms with E-state index < -0.39 is 10.0 Å². The maximum Gasteiger partial charge on any atom is 0.240 e. The maximum absolute atomic E-state index is 12.2. The zero-order valence-electron chi connectivity index (χ0n) is 10.6. The fourth-order valence-electron chi connectivity index (χ4n) is 2.33. The Morgan fingerprint density at radius 1 is 1.26 bits per heavy atom. The summed E-state index contributed by atoms with van der Waals surface area (Å²) in [6, 6.07) is 4.42. The minimum Gasteiger partial charge on any atom is -0.392 e. The van der Waals surface area contributed by atoms with Crippen LogP contribution in [0.2, 0.25) is 5.02 Å². The molecular formula is C13H18ClNO3S. The highest BCUT2D eigenvalue weighted by molar-refractivity contribution is 7.89. The van der Waals surface area contributed by atoms with E-state index in [0.29, 0.717) is 5.56 Å². The Morgan fingerprint density at radius 3 is 2.53 bits per heavy atom. The lowest BCUT2D eigenvalue weighted by Crippen LogP contribution is -2.36. The summed E-state index contributed by atoms with van der Waals surface area (Å²) in [6.45, 7) is -0.199. The van der Waals surface area contributed by atoms with Gasteiger partial charge in [0.05, 0.1) is 11.5 Å². The monoisotopic (exact) mass is 303 g/mol. The molecule has 0 radical (unpaired) electrons. The fraction of sp³-hybridized carbons (Fsp3) is 0.538. The van der Waals surface area contributed by atoms with Crippen molar-refractivity contribution in [1.82, 2.24) is 4.72 Å². The molecule has 1 fully saturated rings. The van der Waals surface area contributed by atoms with Crippen molar-refractivity contribution in [3.63, 3.8) is 0 Å². The van der Waals surface area contributed by atoms with Crippen molar-refractivity contribution < 1.29 is 13.5 Å². The number of aliphatic hydroxyl groups is 1. The van der Waals surface area contributed by atoms with Crippen LogP contribution in [0.4, 0.5) is 0 Å². The van der Waals surface area contributed by atoms with E-state index in [0.717, 1.165) is 25.7 Å². The van der Waals surface area contributed by atoms with Crippen molar-refractivity contribution in [2.75, 3.05) is 0 Å². The quantitative estimate of drug-likeness (QED) is 0.898. The molecule has 1 aliphatic rings. The summed E-state index contributed by atoms with van der Waals surface area (Å²) >= 11 is 5.93. The van der Waals surface area contributed by atoms with Crippen LogP contribution < -0.4 is 4.72 Å². The number of rotatable bonds is 4. The van der Waals surface area contributed by atoms with Gasteiger partial charge in [-0.1, -0.05) is 36.9 Å². The van der Waals surface area contributed by atoms with Crippen molar-refractivity contribution in [3.05, 3.63) is 28.8 Å². The Morgan fingerprint density at radius 2 is 1.95 bits per heavy atom. The summed E-state index contributed by atoms with van der Waals surface area (Å²) in [7, 11) is -3.52. The van der Waals surface area contributed by atoms with Crippen molar-refractivity contribution >= 4 is 21.6 Å². The van der Waals surface area contributed by atoms with Crippen LogP contribution in [0.1, 0.15) is 37.7 Å². The molecule has 0 amide bonds. The number of sulfonamides is 1. The molecule has 1 saturated carbocycles. The van der Waals surface area contributed by atoms with E-state index in [1.165, 1.54) is 24.6 Å². The van der Waals surface area contributed by atoms with Crippen molar-refractivity contribution in [3.8, 4) is 0 Å². The minimum atomic E-state index is -3.52. The van der Waals surface area contributed by atoms with E-state index in [1.807, 2.05) is 0 Å². The lowest BCUT2D eigenvalue weighted by atomic mass is 9.96. The summed E-state index contributed by atoms with van der Waals surface area (Å²) < 4.78 is 27.2. The second kappa shape index (κ2) is 6.22. The number of aliphatic hydroxyl groups excluding tert-OH is 1. The first-order valence-electron chi connectivity index (χ1n) is 6.44. The summed E-state index contributed by atoms with van der Waals surface area (Å²) in [4.78, 5) is 0.153. The van der Waals surface area contributed by atoms with Crippen LogP contribution in [0.15, 0.2) is 23.1 Å². The molecule has 2 N–H and O–H groups in total. The van der Waals surface area contributed by atoms with Crippen molar-refractivity contribution in [2.45, 2.75) is 49.6 Å². The van der Waals surface area contributed by atoms with Gasteiger partial charge in [-0.3, -0.25) is 0 Å². The van der Waals surface area contributed by atoms with Crippen molar-refractivity contribution in [2.24, 2.45) is 0 Å². The van der Waals surface area contributed by atoms with Crippen LogP contribution in [0.3, 0.4) is 0 Å². The van der Waals surface area contributed by atoms with E-state index >= 15 is 0 Å². The predicted octanol–water partition coefficient (Wildman–Crippen LogP) is 2.44. The Balaban J connectivity index is 2.16. The number of hydrogen-bond donors (Lipinski definition) is 2. The van der Waals surface area contributed by atoms with Gasteiger partial charge in [0.25, 0.3) is 0 Å². The normalized spacial score (nSPS) is 17.6. The first-order chi connectivity index (χ1) is 9.03. The van der Waals surface area contributed by atoms with Crippen LogP contribution in [-0.4, -0.2) is 19.6 Å². The van der Waals surface area contributed by atoms with Gasteiger partial charge in [0.1, 0.15) is 0 Å². The zero-order valence-corrected chi connectivity index (χ0v) is 12.2. The van der Waals surface area contributed by atoms with Crippen LogP contribution in [-0.2, 0) is 16.6 Å². The Labute approximate surface area is 118 Å². The topological polar surface area (TPSA) is 66.4 Å². The third-order valence-electron chi connectivity index (χ3n) is 3.43. The van der Waals surface area contributed by atoms with Gasteiger partial charge in [-0.15, -0.1) is 0 Å². The molecule has 106 valence electrons. The molecule has 0 aliphatic heterocycles. The number of hydrogen-bond acceptors (Lipinski definition) is 3. The van der Waals surface area contributed by atoms with Crippen LogP contribution >= 0.6 is 11.6 Å². The van der Waals surface area contributed by atoms with E-state index in [4.69, 9.17) is 16.7 Å². The zero-order chi connectivity index (χ0) is 13.9. The number of nitrogens with one attached hydrogen (secondary N) is 1. The molecule has 0 heterocycles. The minimum absolute atomic E-state index is 0.0232. The molecule has 6 heteroatoms. The molecule has 1 aromatic rings. The highest BCUT2D eigenvalue weighted by Gasteiger charge is 2.22. The molecule has 0 atom stereocenters. The van der Waals surface area contributed by atoms with Gasteiger partial charge in [0.2, 0.25) is 10.0 Å². The van der Waals surface area contributed by atoms with Gasteiger partial charge in [0.15, 0.2) is 0 Å². The first-order valence-corrected chi connectivity index (χ1v) is 8.30. The maximum atomic E-state index is 12.2. The van der Waals surface area contributed by atoms with Gasteiger partial charge in [-0.05, 0) is 30.5 Å². The van der Waals surface area contributed by atoms with Gasteiger partial charge in [-0.2, -0.15) is 0 Å². The summed E-state index contributed by atoms with van der Waals surface area (Å²) in [6.07, 6.45) is 5.09.